The smallest absolute Gasteiger partial charge is 0.427 e. The highest BCUT2D eigenvalue weighted by Crippen LogP contribution is 2.08. The molecule has 8 nitrogen and oxygen atoms in total. The highest BCUT2D eigenvalue weighted by Gasteiger charge is 2.08. The van der Waals surface area contributed by atoms with Crippen molar-refractivity contribution in [3.8, 4) is 0 Å². The largest absolute Gasteiger partial charge is 0.452 e. The first-order chi connectivity index (χ1) is 8.20. The van der Waals surface area contributed by atoms with Crippen LogP contribution in [0.3, 0.4) is 0 Å². The van der Waals surface area contributed by atoms with Crippen molar-refractivity contribution in [2.45, 2.75) is 0 Å². The Balaban J connectivity index is 2.17. The van der Waals surface area contributed by atoms with Gasteiger partial charge in [-0.15, -0.1) is 0 Å². The molecule has 1 heterocycles. The number of hydrogen-bond donors (Lipinski definition) is 1. The van der Waals surface area contributed by atoms with E-state index in [4.69, 9.17) is 0 Å². The number of nitrogens with one attached hydrogen (secondary N) is 1. The SMILES string of the molecule is COC(=O)N/N=C\c1ccc2c(c1)no[n+]2[O-]. The molecular formula is C9H8N4O4. The molecular weight excluding hydrogens is 228 g/mol. The summed E-state index contributed by atoms with van der Waals surface area (Å²) in [5.74, 6) is 0. The lowest BCUT2D eigenvalue weighted by Crippen LogP contribution is -2.22. The van der Waals surface area contributed by atoms with E-state index in [9.17, 15) is 10.0 Å². The van der Waals surface area contributed by atoms with Gasteiger partial charge < -0.3 is 9.94 Å². The van der Waals surface area contributed by atoms with Crippen molar-refractivity contribution in [1.82, 2.24) is 10.6 Å². The van der Waals surface area contributed by atoms with Crippen LogP contribution in [0.1, 0.15) is 5.56 Å². The zero-order valence-electron chi connectivity index (χ0n) is 8.78. The summed E-state index contributed by atoms with van der Waals surface area (Å²) in [5.41, 5.74) is 3.51. The van der Waals surface area contributed by atoms with Crippen molar-refractivity contribution in [3.05, 3.63) is 29.0 Å². The van der Waals surface area contributed by atoms with Gasteiger partial charge in [0, 0.05) is 11.2 Å². The number of ether oxygens (including phenoxy) is 1. The molecule has 0 spiro atoms. The fourth-order valence-corrected chi connectivity index (χ4v) is 1.18. The van der Waals surface area contributed by atoms with Crippen LogP contribution in [0.5, 0.6) is 0 Å². The zero-order valence-corrected chi connectivity index (χ0v) is 8.78. The quantitative estimate of drug-likeness (QED) is 0.454. The molecule has 0 bridgehead atoms. The van der Waals surface area contributed by atoms with Gasteiger partial charge in [0.25, 0.3) is 0 Å². The maximum absolute atomic E-state index is 11.0. The fourth-order valence-electron chi connectivity index (χ4n) is 1.18. The molecule has 2 rings (SSSR count). The molecule has 88 valence electrons. The number of hydrazone groups is 1. The molecule has 0 atom stereocenters. The van der Waals surface area contributed by atoms with Gasteiger partial charge in [-0.3, -0.25) is 4.63 Å². The molecule has 1 N–H and O–H groups in total. The molecule has 1 aromatic carbocycles. The molecule has 0 unspecified atom stereocenters. The topological polar surface area (TPSA) is 104 Å². The highest BCUT2D eigenvalue weighted by molar-refractivity contribution is 5.86. The summed E-state index contributed by atoms with van der Waals surface area (Å²) in [6.45, 7) is 0. The number of benzene rings is 1. The molecule has 2 aromatic rings. The lowest BCUT2D eigenvalue weighted by atomic mass is 10.2. The molecule has 17 heavy (non-hydrogen) atoms. The van der Waals surface area contributed by atoms with Crippen LogP contribution in [0.2, 0.25) is 0 Å². The number of aromatic nitrogens is 2. The van der Waals surface area contributed by atoms with Crippen LogP contribution in [0, 0.1) is 5.21 Å². The van der Waals surface area contributed by atoms with Gasteiger partial charge in [0.1, 0.15) is 0 Å². The number of hydrogen-bond acceptors (Lipinski definition) is 6. The second-order valence-corrected chi connectivity index (χ2v) is 3.04. The minimum atomic E-state index is -0.666. The van der Waals surface area contributed by atoms with Gasteiger partial charge in [-0.25, -0.2) is 10.2 Å². The molecule has 1 aromatic heterocycles. The van der Waals surface area contributed by atoms with E-state index in [0.29, 0.717) is 21.5 Å². The number of carbonyl (C=O) groups excluding carboxylic acids is 1. The van der Waals surface area contributed by atoms with E-state index in [2.05, 4.69) is 25.0 Å². The van der Waals surface area contributed by atoms with E-state index in [1.807, 2.05) is 0 Å². The number of fused-ring (bicyclic) bond motifs is 1. The molecule has 0 aliphatic rings. The summed E-state index contributed by atoms with van der Waals surface area (Å²) in [6, 6.07) is 4.77. The standard InChI is InChI=1S/C9H8N4O4/c1-16-9(14)11-10-5-6-2-3-8-7(4-6)12-17-13(8)15/h2-5H,1H3,(H,11,14)/b10-5-. The average Bonchev–Trinajstić information content (AvgIpc) is 2.70. The minimum absolute atomic E-state index is 0.308. The van der Waals surface area contributed by atoms with Crippen molar-refractivity contribution in [2.24, 2.45) is 5.10 Å². The predicted molar refractivity (Wildman–Crippen MR) is 56.1 cm³/mol. The predicted octanol–water partition coefficient (Wildman–Crippen LogP) is 0.151. The number of amides is 1. The Morgan fingerprint density at radius 1 is 1.71 bits per heavy atom. The van der Waals surface area contributed by atoms with Gasteiger partial charge in [0.15, 0.2) is 0 Å². The Labute approximate surface area is 95.0 Å². The number of methoxy groups -OCH3 is 1. The first kappa shape index (κ1) is 10.9. The van der Waals surface area contributed by atoms with Crippen LogP contribution in [0.25, 0.3) is 11.0 Å². The first-order valence-corrected chi connectivity index (χ1v) is 4.57. The molecule has 0 aliphatic heterocycles. The van der Waals surface area contributed by atoms with Crippen molar-refractivity contribution < 1.29 is 19.1 Å². The molecule has 0 radical (unpaired) electrons. The molecule has 1 amide bonds. The molecule has 8 heteroatoms. The Hall–Kier alpha value is -2.64. The van der Waals surface area contributed by atoms with Crippen LogP contribution in [-0.2, 0) is 4.74 Å². The van der Waals surface area contributed by atoms with Crippen LogP contribution < -0.4 is 10.3 Å². The lowest BCUT2D eigenvalue weighted by Gasteiger charge is -1.95. The molecule has 0 aliphatic carbocycles. The average molecular weight is 236 g/mol. The maximum atomic E-state index is 11.0. The van der Waals surface area contributed by atoms with Gasteiger partial charge in [-0.2, -0.15) is 5.10 Å². The van der Waals surface area contributed by atoms with Crippen LogP contribution in [0.15, 0.2) is 27.9 Å². The third-order valence-electron chi connectivity index (χ3n) is 1.96. The Morgan fingerprint density at radius 3 is 3.29 bits per heavy atom. The summed E-state index contributed by atoms with van der Waals surface area (Å²) in [7, 11) is 1.24. The third-order valence-corrected chi connectivity index (χ3v) is 1.96. The van der Waals surface area contributed by atoms with E-state index < -0.39 is 6.09 Å². The van der Waals surface area contributed by atoms with Gasteiger partial charge in [-0.1, -0.05) is 0 Å². The van der Waals surface area contributed by atoms with Crippen LogP contribution in [-0.4, -0.2) is 24.6 Å². The highest BCUT2D eigenvalue weighted by atomic mass is 16.8. The van der Waals surface area contributed by atoms with Crippen molar-refractivity contribution in [1.29, 1.82) is 0 Å². The maximum Gasteiger partial charge on any atom is 0.427 e. The number of carbonyl (C=O) groups is 1. The monoisotopic (exact) mass is 236 g/mol. The summed E-state index contributed by atoms with van der Waals surface area (Å²) in [5, 5.41) is 18.2. The van der Waals surface area contributed by atoms with Gasteiger partial charge >= 0.3 is 6.09 Å². The summed E-state index contributed by atoms with van der Waals surface area (Å²) in [4.78, 5) is 11.0. The number of rotatable bonds is 2. The Bertz CT molecular complexity index is 577. The van der Waals surface area contributed by atoms with Gasteiger partial charge in [0.2, 0.25) is 11.0 Å². The van der Waals surface area contributed by atoms with Crippen LogP contribution >= 0.6 is 0 Å². The number of nitrogens with zero attached hydrogens (tertiary/aromatic N) is 3. The Kier molecular flexibility index (Phi) is 2.86. The minimum Gasteiger partial charge on any atom is -0.452 e. The van der Waals surface area contributed by atoms with E-state index >= 15 is 0 Å². The Morgan fingerprint density at radius 2 is 2.53 bits per heavy atom. The first-order valence-electron chi connectivity index (χ1n) is 4.57. The van der Waals surface area contributed by atoms with Crippen molar-refractivity contribution in [2.75, 3.05) is 7.11 Å². The lowest BCUT2D eigenvalue weighted by molar-refractivity contribution is -0.782. The molecule has 0 saturated carbocycles. The van der Waals surface area contributed by atoms with Crippen molar-refractivity contribution >= 4 is 23.3 Å². The second kappa shape index (κ2) is 4.47. The summed E-state index contributed by atoms with van der Waals surface area (Å²) < 4.78 is 8.73. The molecule has 0 fully saturated rings. The normalized spacial score (nSPS) is 10.9. The van der Waals surface area contributed by atoms with E-state index in [0.717, 1.165) is 0 Å². The summed E-state index contributed by atoms with van der Waals surface area (Å²) in [6.07, 6.45) is 0.723. The summed E-state index contributed by atoms with van der Waals surface area (Å²) >= 11 is 0. The third kappa shape index (κ3) is 2.30. The second-order valence-electron chi connectivity index (χ2n) is 3.04. The van der Waals surface area contributed by atoms with Crippen molar-refractivity contribution in [3.63, 3.8) is 0 Å². The van der Waals surface area contributed by atoms with Gasteiger partial charge in [-0.05, 0) is 22.6 Å². The van der Waals surface area contributed by atoms with Gasteiger partial charge in [0.05, 0.1) is 13.3 Å². The van der Waals surface area contributed by atoms with E-state index in [1.54, 1.807) is 18.2 Å². The van der Waals surface area contributed by atoms with E-state index in [-0.39, 0.29) is 0 Å². The van der Waals surface area contributed by atoms with Crippen LogP contribution in [0.4, 0.5) is 4.79 Å². The zero-order chi connectivity index (χ0) is 12.3. The van der Waals surface area contributed by atoms with E-state index in [1.165, 1.54) is 13.3 Å². The fraction of sp³-hybridized carbons (Fsp3) is 0.111. The molecule has 0 saturated heterocycles.